The highest BCUT2D eigenvalue weighted by atomic mass is 16.5. The summed E-state index contributed by atoms with van der Waals surface area (Å²) in [7, 11) is 3.30. The van der Waals surface area contributed by atoms with Crippen molar-refractivity contribution >= 4 is 5.97 Å². The minimum absolute atomic E-state index is 0.123. The normalized spacial score (nSPS) is 10.5. The van der Waals surface area contributed by atoms with Crippen molar-refractivity contribution in [2.24, 2.45) is 7.05 Å². The van der Waals surface area contributed by atoms with Gasteiger partial charge in [-0.25, -0.2) is 4.79 Å². The zero-order valence-electron chi connectivity index (χ0n) is 12.5. The summed E-state index contributed by atoms with van der Waals surface area (Å²) in [4.78, 5) is 11.2. The van der Waals surface area contributed by atoms with E-state index in [0.717, 1.165) is 22.7 Å². The van der Waals surface area contributed by atoms with E-state index in [1.807, 2.05) is 20.9 Å². The molecule has 0 amide bonds. The zero-order chi connectivity index (χ0) is 15.6. The number of nitrogens with zero attached hydrogens (tertiary/aromatic N) is 2. The van der Waals surface area contributed by atoms with Crippen LogP contribution in [0.1, 0.15) is 27.3 Å². The number of hydrogen-bond acceptors (Lipinski definition) is 4. The number of benzene rings is 1. The van der Waals surface area contributed by atoms with Crippen LogP contribution in [-0.4, -0.2) is 28.0 Å². The van der Waals surface area contributed by atoms with Gasteiger partial charge in [0, 0.05) is 7.05 Å². The number of ether oxygens (including phenoxy) is 2. The van der Waals surface area contributed by atoms with Crippen molar-refractivity contribution in [1.82, 2.24) is 9.78 Å². The van der Waals surface area contributed by atoms with E-state index in [2.05, 4.69) is 5.10 Å². The molecule has 0 unspecified atom stereocenters. The molecule has 0 bridgehead atoms. The molecule has 0 aliphatic rings. The van der Waals surface area contributed by atoms with Crippen LogP contribution in [0.3, 0.4) is 0 Å². The Kier molecular flexibility index (Phi) is 4.16. The standard InChI is InChI=1S/C15H18N2O4/c1-9-14(10(2)17(3)16-9)21-8-11-5-6-13(20-4)12(7-11)15(18)19/h5-7H,8H2,1-4H3,(H,18,19). The average Bonchev–Trinajstić information content (AvgIpc) is 2.70. The van der Waals surface area contributed by atoms with Gasteiger partial charge in [0.1, 0.15) is 23.6 Å². The molecular weight excluding hydrogens is 272 g/mol. The molecule has 0 aliphatic carbocycles. The molecule has 1 N–H and O–H groups in total. The highest BCUT2D eigenvalue weighted by Gasteiger charge is 2.14. The number of aromatic nitrogens is 2. The number of carboxylic acid groups (broad SMARTS) is 1. The van der Waals surface area contributed by atoms with Crippen LogP contribution in [0.25, 0.3) is 0 Å². The van der Waals surface area contributed by atoms with Gasteiger partial charge in [-0.3, -0.25) is 4.68 Å². The minimum Gasteiger partial charge on any atom is -0.496 e. The van der Waals surface area contributed by atoms with Crippen LogP contribution in [0.15, 0.2) is 18.2 Å². The number of methoxy groups -OCH3 is 1. The second-order valence-electron chi connectivity index (χ2n) is 4.75. The quantitative estimate of drug-likeness (QED) is 0.914. The molecule has 2 rings (SSSR count). The Hall–Kier alpha value is -2.50. The molecular formula is C15H18N2O4. The summed E-state index contributed by atoms with van der Waals surface area (Å²) in [5, 5.41) is 13.4. The van der Waals surface area contributed by atoms with Gasteiger partial charge in [-0.1, -0.05) is 6.07 Å². The molecule has 6 heteroatoms. The Balaban J connectivity index is 2.20. The van der Waals surface area contributed by atoms with Crippen LogP contribution in [0, 0.1) is 13.8 Å². The first-order valence-electron chi connectivity index (χ1n) is 6.47. The molecule has 2 aromatic rings. The van der Waals surface area contributed by atoms with E-state index in [9.17, 15) is 4.79 Å². The van der Waals surface area contributed by atoms with Gasteiger partial charge in [0.2, 0.25) is 0 Å². The van der Waals surface area contributed by atoms with Gasteiger partial charge in [0.15, 0.2) is 5.75 Å². The van der Waals surface area contributed by atoms with Crippen molar-refractivity contribution in [3.63, 3.8) is 0 Å². The Labute approximate surface area is 122 Å². The smallest absolute Gasteiger partial charge is 0.339 e. The molecule has 1 aromatic carbocycles. The van der Waals surface area contributed by atoms with Crippen molar-refractivity contribution in [2.45, 2.75) is 20.5 Å². The topological polar surface area (TPSA) is 73.6 Å². The van der Waals surface area contributed by atoms with Crippen molar-refractivity contribution in [3.8, 4) is 11.5 Å². The predicted molar refractivity (Wildman–Crippen MR) is 77.0 cm³/mol. The van der Waals surface area contributed by atoms with Crippen molar-refractivity contribution < 1.29 is 19.4 Å². The van der Waals surface area contributed by atoms with Gasteiger partial charge >= 0.3 is 5.97 Å². The fourth-order valence-electron chi connectivity index (χ4n) is 2.13. The first kappa shape index (κ1) is 14.9. The van der Waals surface area contributed by atoms with Crippen molar-refractivity contribution in [3.05, 3.63) is 40.7 Å². The number of hydrogen-bond donors (Lipinski definition) is 1. The fraction of sp³-hybridized carbons (Fsp3) is 0.333. The van der Waals surface area contributed by atoms with Crippen molar-refractivity contribution in [1.29, 1.82) is 0 Å². The molecule has 112 valence electrons. The summed E-state index contributed by atoms with van der Waals surface area (Å²) in [6, 6.07) is 4.97. The largest absolute Gasteiger partial charge is 0.496 e. The lowest BCUT2D eigenvalue weighted by molar-refractivity contribution is 0.0693. The Morgan fingerprint density at radius 1 is 1.38 bits per heavy atom. The predicted octanol–water partition coefficient (Wildman–Crippen LogP) is 2.32. The second kappa shape index (κ2) is 5.87. The van der Waals surface area contributed by atoms with Gasteiger partial charge in [-0.2, -0.15) is 5.10 Å². The molecule has 0 spiro atoms. The molecule has 0 radical (unpaired) electrons. The lowest BCUT2D eigenvalue weighted by atomic mass is 10.1. The Bertz CT molecular complexity index is 677. The van der Waals surface area contributed by atoms with Gasteiger partial charge < -0.3 is 14.6 Å². The highest BCUT2D eigenvalue weighted by Crippen LogP contribution is 2.24. The molecule has 0 fully saturated rings. The maximum Gasteiger partial charge on any atom is 0.339 e. The lowest BCUT2D eigenvalue weighted by Crippen LogP contribution is -2.04. The van der Waals surface area contributed by atoms with E-state index in [4.69, 9.17) is 14.6 Å². The van der Waals surface area contributed by atoms with Gasteiger partial charge in [0.05, 0.1) is 12.8 Å². The SMILES string of the molecule is COc1ccc(COc2c(C)nn(C)c2C)cc1C(=O)O. The van der Waals surface area contributed by atoms with E-state index < -0.39 is 5.97 Å². The summed E-state index contributed by atoms with van der Waals surface area (Å²) >= 11 is 0. The maximum atomic E-state index is 11.2. The number of aromatic carboxylic acids is 1. The summed E-state index contributed by atoms with van der Waals surface area (Å²) < 4.78 is 12.5. The van der Waals surface area contributed by atoms with E-state index in [1.165, 1.54) is 7.11 Å². The molecule has 0 saturated carbocycles. The molecule has 6 nitrogen and oxygen atoms in total. The van der Waals surface area contributed by atoms with Crippen molar-refractivity contribution in [2.75, 3.05) is 7.11 Å². The van der Waals surface area contributed by atoms with Crippen LogP contribution in [-0.2, 0) is 13.7 Å². The fourth-order valence-corrected chi connectivity index (χ4v) is 2.13. The summed E-state index contributed by atoms with van der Waals surface area (Å²) in [5.41, 5.74) is 2.62. The first-order valence-corrected chi connectivity index (χ1v) is 6.47. The Morgan fingerprint density at radius 3 is 2.62 bits per heavy atom. The van der Waals surface area contributed by atoms with Gasteiger partial charge in [-0.15, -0.1) is 0 Å². The number of carbonyl (C=O) groups is 1. The van der Waals surface area contributed by atoms with Crippen LogP contribution in [0.5, 0.6) is 11.5 Å². The minimum atomic E-state index is -1.03. The molecule has 0 atom stereocenters. The Morgan fingerprint density at radius 2 is 2.10 bits per heavy atom. The van der Waals surface area contributed by atoms with Crippen LogP contribution in [0.2, 0.25) is 0 Å². The third-order valence-corrected chi connectivity index (χ3v) is 3.32. The third-order valence-electron chi connectivity index (χ3n) is 3.32. The van der Waals surface area contributed by atoms with E-state index in [-0.39, 0.29) is 12.2 Å². The summed E-state index contributed by atoms with van der Waals surface area (Å²) in [5.74, 6) is 0.0348. The molecule has 0 saturated heterocycles. The molecule has 1 heterocycles. The number of carboxylic acids is 1. The van der Waals surface area contributed by atoms with E-state index in [0.29, 0.717) is 5.75 Å². The number of aryl methyl sites for hydroxylation is 2. The zero-order valence-corrected chi connectivity index (χ0v) is 12.5. The van der Waals surface area contributed by atoms with Crippen LogP contribution >= 0.6 is 0 Å². The van der Waals surface area contributed by atoms with Crippen LogP contribution in [0.4, 0.5) is 0 Å². The number of rotatable bonds is 5. The lowest BCUT2D eigenvalue weighted by Gasteiger charge is -2.09. The average molecular weight is 290 g/mol. The monoisotopic (exact) mass is 290 g/mol. The summed E-state index contributed by atoms with van der Waals surface area (Å²) in [6.45, 7) is 4.07. The molecule has 21 heavy (non-hydrogen) atoms. The third kappa shape index (κ3) is 2.99. The van der Waals surface area contributed by atoms with E-state index >= 15 is 0 Å². The van der Waals surface area contributed by atoms with Gasteiger partial charge in [-0.05, 0) is 31.5 Å². The summed E-state index contributed by atoms with van der Waals surface area (Å²) in [6.07, 6.45) is 0. The van der Waals surface area contributed by atoms with Crippen LogP contribution < -0.4 is 9.47 Å². The van der Waals surface area contributed by atoms with E-state index in [1.54, 1.807) is 22.9 Å². The van der Waals surface area contributed by atoms with Gasteiger partial charge in [0.25, 0.3) is 0 Å². The maximum absolute atomic E-state index is 11.2. The molecule has 1 aromatic heterocycles. The highest BCUT2D eigenvalue weighted by molar-refractivity contribution is 5.91. The first-order chi connectivity index (χ1) is 9.93. The molecule has 0 aliphatic heterocycles. The second-order valence-corrected chi connectivity index (χ2v) is 4.75.